The fourth-order valence-corrected chi connectivity index (χ4v) is 5.50. The molecule has 4 aromatic rings. The van der Waals surface area contributed by atoms with Gasteiger partial charge in [0.05, 0.1) is 11.1 Å². The second-order valence-electron chi connectivity index (χ2n) is 12.4. The van der Waals surface area contributed by atoms with Gasteiger partial charge in [0.2, 0.25) is 5.88 Å². The lowest BCUT2D eigenvalue weighted by Gasteiger charge is -2.32. The van der Waals surface area contributed by atoms with E-state index in [0.717, 1.165) is 40.7 Å². The first-order chi connectivity index (χ1) is 23.2. The largest absolute Gasteiger partial charge is 0.492 e. The Bertz CT molecular complexity index is 1650. The van der Waals surface area contributed by atoms with Crippen LogP contribution in [0.5, 0.6) is 11.6 Å². The summed E-state index contributed by atoms with van der Waals surface area (Å²) in [5, 5.41) is 2.89. The minimum Gasteiger partial charge on any atom is -0.492 e. The third-order valence-electron chi connectivity index (χ3n) is 8.36. The van der Waals surface area contributed by atoms with Gasteiger partial charge in [0.15, 0.2) is 0 Å². The standard InChI is InChI=1S/C38H44FN5O4/c1-42(2)23-24-47-32-13-7-28(8-14-32)29-9-16-36(41-26-29)48-33-18-21-44(22-19-33)38(46)35-25-30(39)10-15-34(35)37(45)40-20-17-27-5-11-31(12-6-27)43(3)4/h5-16,25-26,33H,17-24H2,1-4H3,(H,40,45). The minimum absolute atomic E-state index is 0.0626. The molecular formula is C38H44FN5O4. The van der Waals surface area contributed by atoms with E-state index in [1.54, 1.807) is 11.1 Å². The molecule has 0 aliphatic carbocycles. The van der Waals surface area contributed by atoms with Gasteiger partial charge in [0.25, 0.3) is 11.8 Å². The van der Waals surface area contributed by atoms with Gasteiger partial charge in [0, 0.05) is 76.6 Å². The number of hydrogen-bond acceptors (Lipinski definition) is 7. The van der Waals surface area contributed by atoms with Gasteiger partial charge in [-0.15, -0.1) is 0 Å². The number of likely N-dealkylation sites (N-methyl/N-ethyl adjacent to an activating group) is 1. The molecule has 2 heterocycles. The molecule has 0 unspecified atom stereocenters. The number of piperidine rings is 1. The number of halogens is 1. The smallest absolute Gasteiger partial charge is 0.254 e. The van der Waals surface area contributed by atoms with E-state index in [-0.39, 0.29) is 23.1 Å². The predicted molar refractivity (Wildman–Crippen MR) is 186 cm³/mol. The number of anilines is 1. The maximum atomic E-state index is 14.3. The highest BCUT2D eigenvalue weighted by Crippen LogP contribution is 2.25. The fourth-order valence-electron chi connectivity index (χ4n) is 5.50. The molecule has 0 radical (unpaired) electrons. The number of carbonyl (C=O) groups is 2. The van der Waals surface area contributed by atoms with Crippen LogP contribution in [-0.4, -0.2) is 93.7 Å². The van der Waals surface area contributed by atoms with Crippen molar-refractivity contribution in [2.45, 2.75) is 25.4 Å². The monoisotopic (exact) mass is 653 g/mol. The van der Waals surface area contributed by atoms with Gasteiger partial charge in [-0.3, -0.25) is 9.59 Å². The minimum atomic E-state index is -0.562. The van der Waals surface area contributed by atoms with Crippen molar-refractivity contribution in [1.82, 2.24) is 20.1 Å². The van der Waals surface area contributed by atoms with Crippen LogP contribution < -0.4 is 19.7 Å². The van der Waals surface area contributed by atoms with Crippen LogP contribution in [0.25, 0.3) is 11.1 Å². The number of hydrogen-bond donors (Lipinski definition) is 1. The average Bonchev–Trinajstić information content (AvgIpc) is 3.09. The van der Waals surface area contributed by atoms with Crippen LogP contribution in [0, 0.1) is 5.82 Å². The van der Waals surface area contributed by atoms with Crippen LogP contribution in [-0.2, 0) is 6.42 Å². The highest BCUT2D eigenvalue weighted by molar-refractivity contribution is 6.07. The van der Waals surface area contributed by atoms with Gasteiger partial charge in [-0.1, -0.05) is 24.3 Å². The lowest BCUT2D eigenvalue weighted by Crippen LogP contribution is -2.42. The molecule has 3 aromatic carbocycles. The van der Waals surface area contributed by atoms with Crippen molar-refractivity contribution >= 4 is 17.5 Å². The summed E-state index contributed by atoms with van der Waals surface area (Å²) < 4.78 is 26.2. The zero-order chi connectivity index (χ0) is 34.0. The number of pyridine rings is 1. The molecule has 10 heteroatoms. The van der Waals surface area contributed by atoms with Gasteiger partial charge < -0.3 is 29.5 Å². The van der Waals surface area contributed by atoms with Crippen LogP contribution in [0.1, 0.15) is 39.1 Å². The van der Waals surface area contributed by atoms with Crippen LogP contribution >= 0.6 is 0 Å². The number of nitrogens with one attached hydrogen (secondary N) is 1. The van der Waals surface area contributed by atoms with E-state index in [4.69, 9.17) is 9.47 Å². The average molecular weight is 654 g/mol. The summed E-state index contributed by atoms with van der Waals surface area (Å²) in [5.74, 6) is 0.0140. The van der Waals surface area contributed by atoms with E-state index >= 15 is 0 Å². The highest BCUT2D eigenvalue weighted by atomic mass is 19.1. The summed E-state index contributed by atoms with van der Waals surface area (Å²) in [6, 6.07) is 23.6. The molecule has 5 rings (SSSR count). The summed E-state index contributed by atoms with van der Waals surface area (Å²) in [6.45, 7) is 2.71. The molecule has 1 fully saturated rings. The topological polar surface area (TPSA) is 87.2 Å². The summed E-state index contributed by atoms with van der Waals surface area (Å²) >= 11 is 0. The van der Waals surface area contributed by atoms with Gasteiger partial charge in [-0.25, -0.2) is 9.37 Å². The number of likely N-dealkylation sites (tertiary alicyclic amines) is 1. The van der Waals surface area contributed by atoms with Crippen molar-refractivity contribution in [3.8, 4) is 22.8 Å². The molecule has 0 bridgehead atoms. The molecule has 9 nitrogen and oxygen atoms in total. The number of aromatic nitrogens is 1. The first kappa shape index (κ1) is 34.4. The van der Waals surface area contributed by atoms with Gasteiger partial charge in [0.1, 0.15) is 24.3 Å². The summed E-state index contributed by atoms with van der Waals surface area (Å²) in [4.78, 5) is 36.9. The quantitative estimate of drug-likeness (QED) is 0.203. The molecular weight excluding hydrogens is 609 g/mol. The zero-order valence-corrected chi connectivity index (χ0v) is 28.1. The third-order valence-corrected chi connectivity index (χ3v) is 8.36. The Kier molecular flexibility index (Phi) is 11.6. The number of nitrogens with zero attached hydrogens (tertiary/aromatic N) is 4. The SMILES string of the molecule is CN(C)CCOc1ccc(-c2ccc(OC3CCN(C(=O)c4cc(F)ccc4C(=O)NCCc4ccc(N(C)C)cc4)CC3)nc2)cc1. The molecule has 48 heavy (non-hydrogen) atoms. The fraction of sp³-hybridized carbons (Fsp3) is 0.342. The van der Waals surface area contributed by atoms with Gasteiger partial charge in [-0.05, 0) is 80.2 Å². The zero-order valence-electron chi connectivity index (χ0n) is 28.1. The molecule has 1 aliphatic rings. The number of rotatable bonds is 13. The lowest BCUT2D eigenvalue weighted by atomic mass is 10.0. The van der Waals surface area contributed by atoms with Gasteiger partial charge in [-0.2, -0.15) is 0 Å². The molecule has 1 aromatic heterocycles. The van der Waals surface area contributed by atoms with Crippen molar-refractivity contribution in [3.05, 3.63) is 108 Å². The molecule has 252 valence electrons. The number of amides is 2. The van der Waals surface area contributed by atoms with E-state index in [9.17, 15) is 14.0 Å². The number of carbonyl (C=O) groups excluding carboxylic acids is 2. The van der Waals surface area contributed by atoms with Crippen LogP contribution in [0.2, 0.25) is 0 Å². The molecule has 1 saturated heterocycles. The second-order valence-corrected chi connectivity index (χ2v) is 12.4. The molecule has 0 saturated carbocycles. The first-order valence-electron chi connectivity index (χ1n) is 16.3. The lowest BCUT2D eigenvalue weighted by molar-refractivity contribution is 0.0584. The second kappa shape index (κ2) is 16.2. The predicted octanol–water partition coefficient (Wildman–Crippen LogP) is 5.55. The van der Waals surface area contributed by atoms with Crippen LogP contribution in [0.15, 0.2) is 85.1 Å². The Morgan fingerprint density at radius 2 is 1.60 bits per heavy atom. The van der Waals surface area contributed by atoms with Crippen molar-refractivity contribution in [2.75, 3.05) is 65.9 Å². The Labute approximate surface area is 282 Å². The first-order valence-corrected chi connectivity index (χ1v) is 16.3. The van der Waals surface area contributed by atoms with E-state index in [1.807, 2.05) is 93.8 Å². The number of benzene rings is 3. The highest BCUT2D eigenvalue weighted by Gasteiger charge is 2.28. The van der Waals surface area contributed by atoms with E-state index < -0.39 is 11.7 Å². The number of ether oxygens (including phenoxy) is 2. The van der Waals surface area contributed by atoms with Crippen molar-refractivity contribution in [3.63, 3.8) is 0 Å². The Morgan fingerprint density at radius 1 is 0.896 bits per heavy atom. The van der Waals surface area contributed by atoms with Crippen LogP contribution in [0.4, 0.5) is 10.1 Å². The normalized spacial score (nSPS) is 13.3. The van der Waals surface area contributed by atoms with Crippen molar-refractivity contribution in [2.24, 2.45) is 0 Å². The van der Waals surface area contributed by atoms with E-state index in [1.165, 1.54) is 12.1 Å². The maximum Gasteiger partial charge on any atom is 0.254 e. The summed E-state index contributed by atoms with van der Waals surface area (Å²) in [5.41, 5.74) is 4.40. The molecule has 0 spiro atoms. The van der Waals surface area contributed by atoms with Crippen LogP contribution in [0.3, 0.4) is 0 Å². The Hall–Kier alpha value is -4.96. The molecule has 0 atom stereocenters. The summed E-state index contributed by atoms with van der Waals surface area (Å²) in [6.07, 6.45) is 3.48. The Morgan fingerprint density at radius 3 is 2.25 bits per heavy atom. The van der Waals surface area contributed by atoms with Crippen molar-refractivity contribution in [1.29, 1.82) is 0 Å². The van der Waals surface area contributed by atoms with E-state index in [2.05, 4.69) is 15.2 Å². The molecule has 1 aliphatic heterocycles. The molecule has 2 amide bonds. The Balaban J connectivity index is 1.11. The van der Waals surface area contributed by atoms with Gasteiger partial charge >= 0.3 is 0 Å². The van der Waals surface area contributed by atoms with E-state index in [0.29, 0.717) is 51.4 Å². The molecule has 1 N–H and O–H groups in total. The summed E-state index contributed by atoms with van der Waals surface area (Å²) in [7, 11) is 7.99. The maximum absolute atomic E-state index is 14.3. The van der Waals surface area contributed by atoms with Crippen molar-refractivity contribution < 1.29 is 23.5 Å². The third kappa shape index (κ3) is 9.32.